The Kier molecular flexibility index (Phi) is 4.14. The van der Waals surface area contributed by atoms with Crippen LogP contribution in [-0.2, 0) is 4.74 Å². The molecule has 0 amide bonds. The maximum atomic E-state index is 5.50. The Bertz CT molecular complexity index is 358. The lowest BCUT2D eigenvalue weighted by atomic mass is 10.2. The summed E-state index contributed by atoms with van der Waals surface area (Å²) in [5.74, 6) is 1.78. The van der Waals surface area contributed by atoms with Gasteiger partial charge in [-0.3, -0.25) is 4.98 Å². The van der Waals surface area contributed by atoms with Crippen LogP contribution in [0.25, 0.3) is 0 Å². The van der Waals surface area contributed by atoms with Crippen molar-refractivity contribution in [1.82, 2.24) is 9.97 Å². The average molecular weight is 236 g/mol. The molecule has 1 fully saturated rings. The van der Waals surface area contributed by atoms with Gasteiger partial charge in [-0.1, -0.05) is 6.92 Å². The molecule has 94 valence electrons. The Hall–Kier alpha value is -1.36. The molecular weight excluding hydrogens is 216 g/mol. The Morgan fingerprint density at radius 3 is 3.12 bits per heavy atom. The van der Waals surface area contributed by atoms with Gasteiger partial charge in [0.25, 0.3) is 0 Å². The fourth-order valence-electron chi connectivity index (χ4n) is 2.06. The molecule has 1 unspecified atom stereocenters. The first-order valence-corrected chi connectivity index (χ1v) is 6.25. The second kappa shape index (κ2) is 5.82. The van der Waals surface area contributed by atoms with E-state index in [1.807, 2.05) is 6.20 Å². The zero-order valence-corrected chi connectivity index (χ0v) is 10.5. The van der Waals surface area contributed by atoms with Crippen LogP contribution >= 0.6 is 0 Å². The quantitative estimate of drug-likeness (QED) is 0.859. The molecule has 1 N–H and O–H groups in total. The lowest BCUT2D eigenvalue weighted by molar-refractivity contribution is 0.0925. The number of anilines is 2. The van der Waals surface area contributed by atoms with E-state index in [1.54, 1.807) is 6.20 Å². The van der Waals surface area contributed by atoms with Crippen LogP contribution in [0.15, 0.2) is 12.4 Å². The highest BCUT2D eigenvalue weighted by Crippen LogP contribution is 2.19. The Morgan fingerprint density at radius 2 is 2.35 bits per heavy atom. The van der Waals surface area contributed by atoms with Gasteiger partial charge in [0.2, 0.25) is 0 Å². The maximum absolute atomic E-state index is 5.50. The summed E-state index contributed by atoms with van der Waals surface area (Å²) in [6.45, 7) is 7.53. The van der Waals surface area contributed by atoms with Gasteiger partial charge in [-0.15, -0.1) is 0 Å². The summed E-state index contributed by atoms with van der Waals surface area (Å²) < 4.78 is 5.50. The minimum atomic E-state index is 0.412. The third kappa shape index (κ3) is 2.85. The van der Waals surface area contributed by atoms with Gasteiger partial charge in [-0.05, 0) is 13.3 Å². The first-order chi connectivity index (χ1) is 8.35. The average Bonchev–Trinajstić information content (AvgIpc) is 2.39. The molecule has 1 aromatic rings. The molecule has 0 spiro atoms. The molecule has 0 saturated carbocycles. The van der Waals surface area contributed by atoms with Crippen molar-refractivity contribution in [3.05, 3.63) is 12.4 Å². The third-order valence-electron chi connectivity index (χ3n) is 2.97. The number of hydrogen-bond donors (Lipinski definition) is 1. The van der Waals surface area contributed by atoms with Crippen LogP contribution in [-0.4, -0.2) is 42.3 Å². The summed E-state index contributed by atoms with van der Waals surface area (Å²) in [5, 5.41) is 3.19. The molecule has 1 saturated heterocycles. The van der Waals surface area contributed by atoms with E-state index < -0.39 is 0 Å². The van der Waals surface area contributed by atoms with Crippen LogP contribution in [0.3, 0.4) is 0 Å². The summed E-state index contributed by atoms with van der Waals surface area (Å²) in [7, 11) is 0. The summed E-state index contributed by atoms with van der Waals surface area (Å²) in [4.78, 5) is 11.1. The van der Waals surface area contributed by atoms with E-state index in [0.29, 0.717) is 6.04 Å². The molecular formula is C12H20N4O. The zero-order valence-electron chi connectivity index (χ0n) is 10.5. The Morgan fingerprint density at radius 1 is 1.47 bits per heavy atom. The molecule has 0 bridgehead atoms. The molecule has 1 aliphatic rings. The van der Waals surface area contributed by atoms with Crippen LogP contribution in [0.4, 0.5) is 11.6 Å². The Labute approximate surface area is 102 Å². The predicted octanol–water partition coefficient (Wildman–Crippen LogP) is 1.52. The highest BCUT2D eigenvalue weighted by molar-refractivity contribution is 5.44. The molecule has 5 nitrogen and oxygen atoms in total. The molecule has 1 atom stereocenters. The van der Waals surface area contributed by atoms with Gasteiger partial charge >= 0.3 is 0 Å². The second-order valence-corrected chi connectivity index (χ2v) is 4.12. The van der Waals surface area contributed by atoms with E-state index in [2.05, 4.69) is 34.0 Å². The summed E-state index contributed by atoms with van der Waals surface area (Å²) in [6.07, 6.45) is 4.65. The van der Waals surface area contributed by atoms with Crippen LogP contribution in [0.2, 0.25) is 0 Å². The van der Waals surface area contributed by atoms with E-state index in [9.17, 15) is 0 Å². The largest absolute Gasteiger partial charge is 0.377 e. The lowest BCUT2D eigenvalue weighted by Gasteiger charge is -2.35. The number of rotatable bonds is 4. The number of nitrogens with one attached hydrogen (secondary N) is 1. The number of ether oxygens (including phenoxy) is 1. The van der Waals surface area contributed by atoms with Crippen molar-refractivity contribution in [2.75, 3.05) is 36.5 Å². The van der Waals surface area contributed by atoms with E-state index in [4.69, 9.17) is 4.74 Å². The highest BCUT2D eigenvalue weighted by atomic mass is 16.5. The molecule has 1 aromatic heterocycles. The number of hydrogen-bond acceptors (Lipinski definition) is 5. The van der Waals surface area contributed by atoms with Crippen LogP contribution in [0.5, 0.6) is 0 Å². The molecule has 2 rings (SSSR count). The molecule has 5 heteroatoms. The van der Waals surface area contributed by atoms with Gasteiger partial charge in [0.05, 0.1) is 31.6 Å². The fraction of sp³-hybridized carbons (Fsp3) is 0.667. The number of aromatic nitrogens is 2. The predicted molar refractivity (Wildman–Crippen MR) is 68.4 cm³/mol. The van der Waals surface area contributed by atoms with Gasteiger partial charge in [0.1, 0.15) is 11.6 Å². The number of morpholine rings is 1. The summed E-state index contributed by atoms with van der Waals surface area (Å²) in [5.41, 5.74) is 0. The van der Waals surface area contributed by atoms with Crippen molar-refractivity contribution >= 4 is 11.6 Å². The van der Waals surface area contributed by atoms with Gasteiger partial charge < -0.3 is 15.0 Å². The van der Waals surface area contributed by atoms with Crippen molar-refractivity contribution in [2.45, 2.75) is 26.3 Å². The van der Waals surface area contributed by atoms with Crippen molar-refractivity contribution in [1.29, 1.82) is 0 Å². The number of nitrogens with zero attached hydrogens (tertiary/aromatic N) is 3. The van der Waals surface area contributed by atoms with Gasteiger partial charge in [0, 0.05) is 13.1 Å². The monoisotopic (exact) mass is 236 g/mol. The smallest absolute Gasteiger partial charge is 0.149 e. The second-order valence-electron chi connectivity index (χ2n) is 4.12. The molecule has 0 aromatic carbocycles. The molecule has 1 aliphatic heterocycles. The minimum Gasteiger partial charge on any atom is -0.377 e. The first-order valence-electron chi connectivity index (χ1n) is 6.25. The molecule has 0 radical (unpaired) electrons. The molecule has 17 heavy (non-hydrogen) atoms. The highest BCUT2D eigenvalue weighted by Gasteiger charge is 2.22. The van der Waals surface area contributed by atoms with Crippen LogP contribution in [0, 0.1) is 0 Å². The van der Waals surface area contributed by atoms with Crippen LogP contribution in [0.1, 0.15) is 20.3 Å². The van der Waals surface area contributed by atoms with Gasteiger partial charge in [0.15, 0.2) is 0 Å². The molecule has 2 heterocycles. The van der Waals surface area contributed by atoms with Crippen molar-refractivity contribution in [2.24, 2.45) is 0 Å². The van der Waals surface area contributed by atoms with E-state index in [1.165, 1.54) is 0 Å². The summed E-state index contributed by atoms with van der Waals surface area (Å²) >= 11 is 0. The lowest BCUT2D eigenvalue weighted by Crippen LogP contribution is -2.45. The topological polar surface area (TPSA) is 50.3 Å². The van der Waals surface area contributed by atoms with E-state index in [0.717, 1.165) is 44.4 Å². The van der Waals surface area contributed by atoms with Gasteiger partial charge in [-0.25, -0.2) is 4.98 Å². The standard InChI is InChI=1S/C12H20N4O/c1-3-10-9-17-6-5-16(10)12-8-13-7-11(15-12)14-4-2/h7-8,10H,3-6,9H2,1-2H3,(H,14,15). The van der Waals surface area contributed by atoms with Gasteiger partial charge in [-0.2, -0.15) is 0 Å². The van der Waals surface area contributed by atoms with E-state index >= 15 is 0 Å². The van der Waals surface area contributed by atoms with Crippen molar-refractivity contribution < 1.29 is 4.74 Å². The maximum Gasteiger partial charge on any atom is 0.149 e. The van der Waals surface area contributed by atoms with Crippen molar-refractivity contribution in [3.63, 3.8) is 0 Å². The zero-order chi connectivity index (χ0) is 12.1. The summed E-state index contributed by atoms with van der Waals surface area (Å²) in [6, 6.07) is 0.412. The molecule has 0 aliphatic carbocycles. The van der Waals surface area contributed by atoms with Crippen molar-refractivity contribution in [3.8, 4) is 0 Å². The Balaban J connectivity index is 2.16. The van der Waals surface area contributed by atoms with Crippen LogP contribution < -0.4 is 10.2 Å². The SMILES string of the molecule is CCNc1cncc(N2CCOCC2CC)n1. The minimum absolute atomic E-state index is 0.412. The normalized spacial score (nSPS) is 20.4. The first kappa shape index (κ1) is 12.1. The fourth-order valence-corrected chi connectivity index (χ4v) is 2.06. The van der Waals surface area contributed by atoms with E-state index in [-0.39, 0.29) is 0 Å². The third-order valence-corrected chi connectivity index (χ3v) is 2.97.